The van der Waals surface area contributed by atoms with E-state index in [1.807, 2.05) is 0 Å². The van der Waals surface area contributed by atoms with E-state index in [1.54, 1.807) is 77.0 Å². The maximum absolute atomic E-state index is 1.56. The molecule has 6 saturated carbocycles. The molecule has 27 heavy (non-hydrogen) atoms. The molecule has 6 aliphatic rings. The van der Waals surface area contributed by atoms with Crippen molar-refractivity contribution in [1.82, 2.24) is 0 Å². The van der Waals surface area contributed by atoms with Gasteiger partial charge in [0.1, 0.15) is 0 Å². The average molecular weight is 373 g/mol. The highest BCUT2D eigenvalue weighted by Gasteiger charge is 2.37. The van der Waals surface area contributed by atoms with Crippen molar-refractivity contribution in [2.24, 2.45) is 16.2 Å². The van der Waals surface area contributed by atoms with Gasteiger partial charge in [-0.3, -0.25) is 0 Å². The van der Waals surface area contributed by atoms with Crippen molar-refractivity contribution >= 4 is 0 Å². The van der Waals surface area contributed by atoms with E-state index in [-0.39, 0.29) is 0 Å². The molecule has 0 heteroatoms. The van der Waals surface area contributed by atoms with Crippen LogP contribution < -0.4 is 0 Å². The molecule has 0 unspecified atom stereocenters. The molecule has 0 N–H and O–H groups in total. The van der Waals surface area contributed by atoms with Crippen LogP contribution in [-0.2, 0) is 0 Å². The molecule has 6 fully saturated rings. The second-order valence-electron chi connectivity index (χ2n) is 11.7. The highest BCUT2D eigenvalue weighted by atomic mass is 14.4. The standard InChI is InChI=1S/3C9H16/c3*1-2-6-9(5-1)7-3-4-8-9/h3*1-8H2. The minimum Gasteiger partial charge on any atom is -0.0528 e. The van der Waals surface area contributed by atoms with Crippen LogP contribution >= 0.6 is 0 Å². The highest BCUT2D eigenvalue weighted by Crippen LogP contribution is 2.51. The van der Waals surface area contributed by atoms with Gasteiger partial charge in [-0.1, -0.05) is 77.0 Å². The third kappa shape index (κ3) is 5.14. The summed E-state index contributed by atoms with van der Waals surface area (Å²) in [7, 11) is 0. The van der Waals surface area contributed by atoms with Crippen molar-refractivity contribution in [3.05, 3.63) is 0 Å². The molecule has 0 aromatic rings. The maximum Gasteiger partial charge on any atom is -0.0297 e. The van der Waals surface area contributed by atoms with Crippen LogP contribution in [0.25, 0.3) is 0 Å². The fourth-order valence-electron chi connectivity index (χ4n) is 8.25. The molecule has 0 radical (unpaired) electrons. The van der Waals surface area contributed by atoms with E-state index < -0.39 is 0 Å². The van der Waals surface area contributed by atoms with Crippen LogP contribution in [-0.4, -0.2) is 0 Å². The minimum absolute atomic E-state index is 0.889. The Morgan fingerprint density at radius 3 is 0.407 bits per heavy atom. The molecule has 0 bridgehead atoms. The zero-order valence-corrected chi connectivity index (χ0v) is 18.5. The Balaban J connectivity index is 0.0000001000. The Kier molecular flexibility index (Phi) is 6.92. The minimum atomic E-state index is 0.889. The Bertz CT molecular complexity index is 292. The highest BCUT2D eigenvalue weighted by molar-refractivity contribution is 4.89. The smallest absolute Gasteiger partial charge is 0.0297 e. The third-order valence-corrected chi connectivity index (χ3v) is 9.99. The molecule has 0 heterocycles. The lowest BCUT2D eigenvalue weighted by atomic mass is 9.85. The van der Waals surface area contributed by atoms with Crippen LogP contribution in [0.5, 0.6) is 0 Å². The molecule has 0 atom stereocenters. The quantitative estimate of drug-likeness (QED) is 0.397. The molecule has 6 aliphatic carbocycles. The summed E-state index contributed by atoms with van der Waals surface area (Å²) in [6.07, 6.45) is 37.1. The van der Waals surface area contributed by atoms with E-state index in [0.29, 0.717) is 0 Å². The molecule has 0 aromatic heterocycles. The van der Waals surface area contributed by atoms with Crippen LogP contribution in [0, 0.1) is 16.2 Å². The second-order valence-corrected chi connectivity index (χ2v) is 11.7. The Hall–Kier alpha value is 0. The van der Waals surface area contributed by atoms with E-state index in [0.717, 1.165) is 16.2 Å². The predicted molar refractivity (Wildman–Crippen MR) is 118 cm³/mol. The first kappa shape index (κ1) is 20.3. The summed E-state index contributed by atoms with van der Waals surface area (Å²) < 4.78 is 0. The molecule has 0 saturated heterocycles. The average Bonchev–Trinajstić information content (AvgIpc) is 3.53. The van der Waals surface area contributed by atoms with E-state index >= 15 is 0 Å². The van der Waals surface area contributed by atoms with Gasteiger partial charge in [0.2, 0.25) is 0 Å². The first-order valence-corrected chi connectivity index (χ1v) is 13.2. The molecule has 3 spiro atoms. The molecular formula is C27H48. The number of hydrogen-bond donors (Lipinski definition) is 0. The van der Waals surface area contributed by atoms with E-state index in [1.165, 1.54) is 77.0 Å². The lowest BCUT2D eigenvalue weighted by molar-refractivity contribution is 0.309. The van der Waals surface area contributed by atoms with Gasteiger partial charge in [-0.2, -0.15) is 0 Å². The molecule has 6 rings (SSSR count). The summed E-state index contributed by atoms with van der Waals surface area (Å²) in [5.41, 5.74) is 2.67. The lowest BCUT2D eigenvalue weighted by Gasteiger charge is -2.20. The Morgan fingerprint density at radius 1 is 0.185 bits per heavy atom. The van der Waals surface area contributed by atoms with Crippen LogP contribution in [0.3, 0.4) is 0 Å². The van der Waals surface area contributed by atoms with Gasteiger partial charge < -0.3 is 0 Å². The first-order chi connectivity index (χ1) is 13.2. The molecule has 0 amide bonds. The first-order valence-electron chi connectivity index (χ1n) is 13.2. The van der Waals surface area contributed by atoms with Crippen LogP contribution in [0.15, 0.2) is 0 Å². The van der Waals surface area contributed by atoms with Crippen molar-refractivity contribution in [2.75, 3.05) is 0 Å². The summed E-state index contributed by atoms with van der Waals surface area (Å²) in [4.78, 5) is 0. The summed E-state index contributed by atoms with van der Waals surface area (Å²) in [5.74, 6) is 0. The summed E-state index contributed by atoms with van der Waals surface area (Å²) in [6, 6.07) is 0. The second kappa shape index (κ2) is 9.21. The van der Waals surface area contributed by atoms with Gasteiger partial charge in [0.25, 0.3) is 0 Å². The van der Waals surface area contributed by atoms with Crippen LogP contribution in [0.2, 0.25) is 0 Å². The normalized spacial score (nSPS) is 32.0. The van der Waals surface area contributed by atoms with Crippen molar-refractivity contribution in [2.45, 2.75) is 154 Å². The molecule has 0 aromatic carbocycles. The van der Waals surface area contributed by atoms with Crippen molar-refractivity contribution < 1.29 is 0 Å². The van der Waals surface area contributed by atoms with Crippen LogP contribution in [0.4, 0.5) is 0 Å². The molecule has 156 valence electrons. The van der Waals surface area contributed by atoms with Gasteiger partial charge in [0.05, 0.1) is 0 Å². The van der Waals surface area contributed by atoms with E-state index in [9.17, 15) is 0 Å². The number of rotatable bonds is 0. The van der Waals surface area contributed by atoms with Crippen LogP contribution in [0.1, 0.15) is 154 Å². The molecular weight excluding hydrogens is 324 g/mol. The zero-order valence-electron chi connectivity index (χ0n) is 18.5. The van der Waals surface area contributed by atoms with Crippen molar-refractivity contribution in [3.63, 3.8) is 0 Å². The van der Waals surface area contributed by atoms with E-state index in [2.05, 4.69) is 0 Å². The van der Waals surface area contributed by atoms with Gasteiger partial charge in [0, 0.05) is 0 Å². The summed E-state index contributed by atoms with van der Waals surface area (Å²) in [5, 5.41) is 0. The predicted octanol–water partition coefficient (Wildman–Crippen LogP) is 9.36. The third-order valence-electron chi connectivity index (χ3n) is 9.99. The zero-order chi connectivity index (χ0) is 18.5. The Morgan fingerprint density at radius 2 is 0.296 bits per heavy atom. The van der Waals surface area contributed by atoms with Gasteiger partial charge in [-0.25, -0.2) is 0 Å². The van der Waals surface area contributed by atoms with Gasteiger partial charge in [-0.05, 0) is 93.3 Å². The maximum atomic E-state index is 1.56. The Labute approximate surface area is 170 Å². The topological polar surface area (TPSA) is 0 Å². The van der Waals surface area contributed by atoms with Gasteiger partial charge in [-0.15, -0.1) is 0 Å². The molecule has 0 nitrogen and oxygen atoms in total. The SMILES string of the molecule is C1CCC2(C1)CCCC2.C1CCC2(C1)CCCC2.C1CCC2(C1)CCCC2. The molecule has 0 aliphatic heterocycles. The number of hydrogen-bond acceptors (Lipinski definition) is 0. The van der Waals surface area contributed by atoms with Gasteiger partial charge >= 0.3 is 0 Å². The van der Waals surface area contributed by atoms with Gasteiger partial charge in [0.15, 0.2) is 0 Å². The monoisotopic (exact) mass is 372 g/mol. The van der Waals surface area contributed by atoms with Crippen molar-refractivity contribution in [3.8, 4) is 0 Å². The van der Waals surface area contributed by atoms with Crippen molar-refractivity contribution in [1.29, 1.82) is 0 Å². The summed E-state index contributed by atoms with van der Waals surface area (Å²) >= 11 is 0. The largest absolute Gasteiger partial charge is 0.0528 e. The van der Waals surface area contributed by atoms with E-state index in [4.69, 9.17) is 0 Å². The summed E-state index contributed by atoms with van der Waals surface area (Å²) in [6.45, 7) is 0. The fraction of sp³-hybridized carbons (Fsp3) is 1.00. The lowest BCUT2D eigenvalue weighted by Crippen LogP contribution is -2.08. The fourth-order valence-corrected chi connectivity index (χ4v) is 8.25.